The zero-order valence-electron chi connectivity index (χ0n) is 3.90. The summed E-state index contributed by atoms with van der Waals surface area (Å²) in [6, 6.07) is 0. The topological polar surface area (TPSA) is 66.5 Å². The molecule has 0 saturated carbocycles. The number of rotatable bonds is 1. The standard InChI is InChI=1S/C3H3N2O3/c6-5(7)3-1-4-8-2-3/h1H,2H2. The highest BCUT2D eigenvalue weighted by Gasteiger charge is 2.16. The maximum atomic E-state index is 9.80. The molecule has 1 rings (SSSR count). The van der Waals surface area contributed by atoms with Crippen LogP contribution in [0.2, 0.25) is 0 Å². The lowest BCUT2D eigenvalue weighted by Gasteiger charge is -1.82. The molecule has 0 N–H and O–H groups in total. The summed E-state index contributed by atoms with van der Waals surface area (Å²) in [5, 5.41) is 9.80. The van der Waals surface area contributed by atoms with Gasteiger partial charge in [0.1, 0.15) is 6.20 Å². The first kappa shape index (κ1) is 5.04. The smallest absolute Gasteiger partial charge is 0.258 e. The van der Waals surface area contributed by atoms with Crippen LogP contribution in [0.1, 0.15) is 0 Å². The Labute approximate surface area is 45.0 Å². The summed E-state index contributed by atoms with van der Waals surface area (Å²) < 4.78 is 0. The minimum Gasteiger partial charge on any atom is -0.258 e. The number of hydrogen-bond acceptors (Lipinski definition) is 3. The van der Waals surface area contributed by atoms with Crippen LogP contribution in [-0.2, 0) is 4.84 Å². The van der Waals surface area contributed by atoms with E-state index < -0.39 is 4.92 Å². The number of nitro groups is 1. The van der Waals surface area contributed by atoms with E-state index in [9.17, 15) is 10.1 Å². The first-order valence-corrected chi connectivity index (χ1v) is 1.96. The summed E-state index contributed by atoms with van der Waals surface area (Å²) in [6.45, 7) is -0.00694. The van der Waals surface area contributed by atoms with Gasteiger partial charge in [-0.1, -0.05) is 0 Å². The van der Waals surface area contributed by atoms with Crippen LogP contribution in [0.4, 0.5) is 0 Å². The summed E-state index contributed by atoms with van der Waals surface area (Å²) in [7, 11) is 0. The molecule has 0 spiro atoms. The Morgan fingerprint density at radius 2 is 2.75 bits per heavy atom. The van der Waals surface area contributed by atoms with Gasteiger partial charge in [0.15, 0.2) is 6.61 Å². The lowest BCUT2D eigenvalue weighted by Crippen LogP contribution is -1.99. The van der Waals surface area contributed by atoms with Gasteiger partial charge in [-0.25, -0.2) is 4.84 Å². The first-order chi connectivity index (χ1) is 3.80. The predicted molar refractivity (Wildman–Crippen MR) is 23.2 cm³/mol. The molecule has 5 nitrogen and oxygen atoms in total. The third-order valence-electron chi connectivity index (χ3n) is 0.723. The van der Waals surface area contributed by atoms with Crippen molar-refractivity contribution in [3.8, 4) is 0 Å². The van der Waals surface area contributed by atoms with Crippen LogP contribution in [0.15, 0.2) is 11.9 Å². The molecule has 0 aliphatic carbocycles. The van der Waals surface area contributed by atoms with E-state index in [0.29, 0.717) is 0 Å². The summed E-state index contributed by atoms with van der Waals surface area (Å²) >= 11 is 0. The zero-order valence-corrected chi connectivity index (χ0v) is 3.90. The zero-order chi connectivity index (χ0) is 5.98. The molecule has 1 aliphatic heterocycles. The van der Waals surface area contributed by atoms with Crippen LogP contribution in [-0.4, -0.2) is 11.5 Å². The van der Waals surface area contributed by atoms with Gasteiger partial charge in [-0.15, -0.1) is 5.48 Å². The van der Waals surface area contributed by atoms with Gasteiger partial charge in [0.2, 0.25) is 0 Å². The summed E-state index contributed by atoms with van der Waals surface area (Å²) in [4.78, 5) is 13.6. The van der Waals surface area contributed by atoms with Crippen LogP contribution < -0.4 is 5.48 Å². The highest BCUT2D eigenvalue weighted by atomic mass is 16.7. The second-order valence-electron chi connectivity index (χ2n) is 1.26. The summed E-state index contributed by atoms with van der Waals surface area (Å²) in [5.74, 6) is 0. The lowest BCUT2D eigenvalue weighted by atomic mass is 10.5. The first-order valence-electron chi connectivity index (χ1n) is 1.96. The van der Waals surface area contributed by atoms with Crippen LogP contribution in [0, 0.1) is 10.1 Å². The van der Waals surface area contributed by atoms with Crippen molar-refractivity contribution in [3.05, 3.63) is 22.0 Å². The van der Waals surface area contributed by atoms with Crippen molar-refractivity contribution >= 4 is 0 Å². The molecule has 5 heteroatoms. The van der Waals surface area contributed by atoms with Crippen LogP contribution >= 0.6 is 0 Å². The Morgan fingerprint density at radius 1 is 2.00 bits per heavy atom. The molecule has 0 unspecified atom stereocenters. The molecule has 1 heterocycles. The third kappa shape index (κ3) is 0.760. The molecule has 0 bridgehead atoms. The average molecular weight is 115 g/mol. The predicted octanol–water partition coefficient (Wildman–Crippen LogP) is -0.346. The fourth-order valence-electron chi connectivity index (χ4n) is 0.339. The number of nitrogens with zero attached hydrogens (tertiary/aromatic N) is 2. The van der Waals surface area contributed by atoms with Gasteiger partial charge in [0.25, 0.3) is 5.70 Å². The monoisotopic (exact) mass is 115 g/mol. The lowest BCUT2D eigenvalue weighted by molar-refractivity contribution is -0.427. The summed E-state index contributed by atoms with van der Waals surface area (Å²) in [5.41, 5.74) is 3.19. The van der Waals surface area contributed by atoms with Crippen LogP contribution in [0.3, 0.4) is 0 Å². The van der Waals surface area contributed by atoms with Crippen molar-refractivity contribution in [1.82, 2.24) is 5.48 Å². The molecular weight excluding hydrogens is 112 g/mol. The minimum absolute atomic E-state index is 0.00463. The largest absolute Gasteiger partial charge is 0.294 e. The molecule has 0 saturated heterocycles. The third-order valence-corrected chi connectivity index (χ3v) is 0.723. The van der Waals surface area contributed by atoms with Gasteiger partial charge < -0.3 is 0 Å². The van der Waals surface area contributed by atoms with Crippen molar-refractivity contribution < 1.29 is 9.76 Å². The van der Waals surface area contributed by atoms with Gasteiger partial charge in [-0.05, 0) is 0 Å². The van der Waals surface area contributed by atoms with Gasteiger partial charge >= 0.3 is 0 Å². The molecule has 0 atom stereocenters. The van der Waals surface area contributed by atoms with Gasteiger partial charge in [0, 0.05) is 0 Å². The Hall–Kier alpha value is -1.10. The van der Waals surface area contributed by atoms with E-state index >= 15 is 0 Å². The Bertz CT molecular complexity index is 141. The Kier molecular flexibility index (Phi) is 1.13. The fraction of sp³-hybridized carbons (Fsp3) is 0.333. The molecule has 1 radical (unpaired) electrons. The van der Waals surface area contributed by atoms with E-state index in [1.54, 1.807) is 0 Å². The normalized spacial score (nSPS) is 17.2. The maximum Gasteiger partial charge on any atom is 0.294 e. The van der Waals surface area contributed by atoms with E-state index in [-0.39, 0.29) is 12.3 Å². The molecular formula is C3H3N2O3. The average Bonchev–Trinajstić information content (AvgIpc) is 2.12. The molecule has 1 aliphatic rings. The second kappa shape index (κ2) is 1.79. The van der Waals surface area contributed by atoms with Crippen molar-refractivity contribution in [2.75, 3.05) is 6.61 Å². The molecule has 0 fully saturated rings. The highest BCUT2D eigenvalue weighted by molar-refractivity contribution is 4.91. The molecule has 43 valence electrons. The molecule has 0 aromatic heterocycles. The quantitative estimate of drug-likeness (QED) is 0.346. The maximum absolute atomic E-state index is 9.80. The molecule has 0 aromatic rings. The minimum atomic E-state index is -0.517. The SMILES string of the molecule is O=[N+]([O-])C1=C[N]OC1. The van der Waals surface area contributed by atoms with E-state index in [2.05, 4.69) is 10.3 Å². The molecule has 0 aromatic carbocycles. The fourth-order valence-corrected chi connectivity index (χ4v) is 0.339. The highest BCUT2D eigenvalue weighted by Crippen LogP contribution is 2.00. The van der Waals surface area contributed by atoms with E-state index in [1.807, 2.05) is 0 Å². The van der Waals surface area contributed by atoms with Crippen LogP contribution in [0.5, 0.6) is 0 Å². The summed E-state index contributed by atoms with van der Waals surface area (Å²) in [6.07, 6.45) is 1.10. The van der Waals surface area contributed by atoms with Gasteiger partial charge in [-0.2, -0.15) is 0 Å². The van der Waals surface area contributed by atoms with E-state index in [4.69, 9.17) is 0 Å². The van der Waals surface area contributed by atoms with E-state index in [1.165, 1.54) is 0 Å². The van der Waals surface area contributed by atoms with Crippen LogP contribution in [0.25, 0.3) is 0 Å². The van der Waals surface area contributed by atoms with Crippen molar-refractivity contribution in [2.45, 2.75) is 0 Å². The number of hydroxylamine groups is 1. The Balaban J connectivity index is 2.57. The Morgan fingerprint density at radius 3 is 3.00 bits per heavy atom. The van der Waals surface area contributed by atoms with Crippen molar-refractivity contribution in [1.29, 1.82) is 0 Å². The van der Waals surface area contributed by atoms with Gasteiger partial charge in [-0.3, -0.25) is 10.1 Å². The molecule has 0 amide bonds. The van der Waals surface area contributed by atoms with E-state index in [0.717, 1.165) is 6.20 Å². The van der Waals surface area contributed by atoms with Crippen molar-refractivity contribution in [2.24, 2.45) is 0 Å². The van der Waals surface area contributed by atoms with Crippen molar-refractivity contribution in [3.63, 3.8) is 0 Å². The number of hydrogen-bond donors (Lipinski definition) is 0. The molecule has 8 heavy (non-hydrogen) atoms. The second-order valence-corrected chi connectivity index (χ2v) is 1.26. The van der Waals surface area contributed by atoms with Gasteiger partial charge in [0.05, 0.1) is 4.92 Å².